The van der Waals surface area contributed by atoms with Gasteiger partial charge in [-0.25, -0.2) is 15.0 Å². The fourth-order valence-corrected chi connectivity index (χ4v) is 3.18. The fraction of sp³-hybridized carbons (Fsp3) is 0.333. The molecule has 1 aliphatic rings. The number of amides is 1. The molecular formula is C18H20N6O. The first kappa shape index (κ1) is 15.6. The van der Waals surface area contributed by atoms with E-state index in [-0.39, 0.29) is 11.9 Å². The number of hydrogen-bond donors (Lipinski definition) is 2. The predicted octanol–water partition coefficient (Wildman–Crippen LogP) is 3.04. The van der Waals surface area contributed by atoms with Gasteiger partial charge in [0.25, 0.3) is 0 Å². The van der Waals surface area contributed by atoms with Gasteiger partial charge >= 0.3 is 0 Å². The van der Waals surface area contributed by atoms with Crippen LogP contribution in [0.3, 0.4) is 0 Å². The lowest BCUT2D eigenvalue weighted by Gasteiger charge is -2.27. The van der Waals surface area contributed by atoms with E-state index in [4.69, 9.17) is 0 Å². The van der Waals surface area contributed by atoms with Crippen molar-refractivity contribution in [2.24, 2.45) is 0 Å². The van der Waals surface area contributed by atoms with Gasteiger partial charge in [0.05, 0.1) is 12.4 Å². The summed E-state index contributed by atoms with van der Waals surface area (Å²) in [6.45, 7) is 2.89. The lowest BCUT2D eigenvalue weighted by molar-refractivity contribution is -0.119. The molecule has 1 aliphatic heterocycles. The maximum atomic E-state index is 12.0. The Morgan fingerprint density at radius 1 is 1.16 bits per heavy atom. The van der Waals surface area contributed by atoms with E-state index >= 15 is 0 Å². The van der Waals surface area contributed by atoms with E-state index in [9.17, 15) is 4.79 Å². The molecule has 0 bridgehead atoms. The zero-order valence-corrected chi connectivity index (χ0v) is 14.1. The molecule has 4 rings (SSSR count). The van der Waals surface area contributed by atoms with Crippen molar-refractivity contribution in [2.75, 3.05) is 16.8 Å². The molecule has 7 heteroatoms. The number of piperidine rings is 1. The van der Waals surface area contributed by atoms with Gasteiger partial charge in [-0.1, -0.05) is 12.1 Å². The number of hydrogen-bond acceptors (Lipinski definition) is 5. The highest BCUT2D eigenvalue weighted by molar-refractivity contribution is 5.94. The Labute approximate surface area is 145 Å². The maximum Gasteiger partial charge on any atom is 0.226 e. The van der Waals surface area contributed by atoms with E-state index in [0.717, 1.165) is 42.0 Å². The second kappa shape index (κ2) is 6.51. The van der Waals surface area contributed by atoms with Crippen LogP contribution in [0, 0.1) is 0 Å². The van der Waals surface area contributed by atoms with Crippen molar-refractivity contribution in [3.05, 3.63) is 42.5 Å². The third-order valence-electron chi connectivity index (χ3n) is 4.60. The number of benzene rings is 1. The normalized spacial score (nSPS) is 16.2. The summed E-state index contributed by atoms with van der Waals surface area (Å²) >= 11 is 0. The summed E-state index contributed by atoms with van der Waals surface area (Å²) < 4.78 is 0. The Morgan fingerprint density at radius 2 is 2.00 bits per heavy atom. The zero-order chi connectivity index (χ0) is 17.2. The summed E-state index contributed by atoms with van der Waals surface area (Å²) in [7, 11) is 0. The molecule has 3 aromatic rings. The molecule has 2 aromatic heterocycles. The third kappa shape index (κ3) is 3.05. The summed E-state index contributed by atoms with van der Waals surface area (Å²) in [4.78, 5) is 29.5. The number of rotatable bonds is 4. The largest absolute Gasteiger partial charge is 0.362 e. The van der Waals surface area contributed by atoms with Gasteiger partial charge in [0.1, 0.15) is 11.8 Å². The standard InChI is InChI=1S/C18H20N6O/c1-12(23-18-16-17(20-10-19-16)21-11-22-18)13-5-7-14(8-6-13)24-9-3-2-4-15(24)25/h5-8,10-12H,2-4,9H2,1H3,(H2,19,20,21,22,23). The minimum absolute atomic E-state index is 0.0625. The molecule has 7 nitrogen and oxygen atoms in total. The van der Waals surface area contributed by atoms with E-state index in [1.165, 1.54) is 6.33 Å². The van der Waals surface area contributed by atoms with Gasteiger partial charge < -0.3 is 15.2 Å². The molecule has 3 heterocycles. The summed E-state index contributed by atoms with van der Waals surface area (Å²) in [5.74, 6) is 0.943. The summed E-state index contributed by atoms with van der Waals surface area (Å²) in [5, 5.41) is 3.39. The number of imidazole rings is 1. The average Bonchev–Trinajstić information content (AvgIpc) is 3.12. The smallest absolute Gasteiger partial charge is 0.226 e. The van der Waals surface area contributed by atoms with Crippen molar-refractivity contribution < 1.29 is 4.79 Å². The van der Waals surface area contributed by atoms with Gasteiger partial charge in [-0.05, 0) is 37.5 Å². The molecule has 128 valence electrons. The first-order valence-electron chi connectivity index (χ1n) is 8.53. The molecule has 1 amide bonds. The van der Waals surface area contributed by atoms with E-state index in [2.05, 4.69) is 44.3 Å². The zero-order valence-electron chi connectivity index (χ0n) is 14.1. The first-order valence-corrected chi connectivity index (χ1v) is 8.53. The van der Waals surface area contributed by atoms with Crippen molar-refractivity contribution in [2.45, 2.75) is 32.2 Å². The van der Waals surface area contributed by atoms with Crippen LogP contribution in [-0.4, -0.2) is 32.4 Å². The molecule has 1 saturated heterocycles. The number of carbonyl (C=O) groups is 1. The Kier molecular flexibility index (Phi) is 4.05. The number of carbonyl (C=O) groups excluding carboxylic acids is 1. The van der Waals surface area contributed by atoms with E-state index in [1.54, 1.807) is 6.33 Å². The molecule has 2 N–H and O–H groups in total. The summed E-state index contributed by atoms with van der Waals surface area (Å²) in [6.07, 6.45) is 5.82. The molecule has 0 saturated carbocycles. The van der Waals surface area contributed by atoms with Gasteiger partial charge in [-0.15, -0.1) is 0 Å². The van der Waals surface area contributed by atoms with Crippen LogP contribution in [0.5, 0.6) is 0 Å². The van der Waals surface area contributed by atoms with Gasteiger partial charge in [0.2, 0.25) is 5.91 Å². The van der Waals surface area contributed by atoms with Crippen molar-refractivity contribution >= 4 is 28.6 Å². The second-order valence-electron chi connectivity index (χ2n) is 6.28. The SMILES string of the molecule is CC(Nc1ncnc2nc[nH]c12)c1ccc(N2CCCCC2=O)cc1. The third-order valence-corrected chi connectivity index (χ3v) is 4.60. The summed E-state index contributed by atoms with van der Waals surface area (Å²) in [5.41, 5.74) is 3.53. The lowest BCUT2D eigenvalue weighted by Crippen LogP contribution is -2.35. The maximum absolute atomic E-state index is 12.0. The molecule has 1 fully saturated rings. The number of anilines is 2. The quantitative estimate of drug-likeness (QED) is 0.765. The number of fused-ring (bicyclic) bond motifs is 1. The van der Waals surface area contributed by atoms with Crippen molar-refractivity contribution in [3.8, 4) is 0 Å². The molecule has 1 unspecified atom stereocenters. The monoisotopic (exact) mass is 336 g/mol. The minimum Gasteiger partial charge on any atom is -0.362 e. The van der Waals surface area contributed by atoms with E-state index in [0.29, 0.717) is 12.1 Å². The lowest BCUT2D eigenvalue weighted by atomic mass is 10.1. The molecule has 1 aromatic carbocycles. The molecule has 0 radical (unpaired) electrons. The van der Waals surface area contributed by atoms with Crippen LogP contribution in [0.4, 0.5) is 11.5 Å². The Hall–Kier alpha value is -2.96. The van der Waals surface area contributed by atoms with Crippen LogP contribution in [0.2, 0.25) is 0 Å². The molecule has 25 heavy (non-hydrogen) atoms. The first-order chi connectivity index (χ1) is 12.2. The highest BCUT2D eigenvalue weighted by Gasteiger charge is 2.19. The van der Waals surface area contributed by atoms with Gasteiger partial charge in [0.15, 0.2) is 11.5 Å². The summed E-state index contributed by atoms with van der Waals surface area (Å²) in [6, 6.07) is 8.21. The molecule has 1 atom stereocenters. The van der Waals surface area contributed by atoms with E-state index in [1.807, 2.05) is 17.0 Å². The highest BCUT2D eigenvalue weighted by Crippen LogP contribution is 2.25. The fourth-order valence-electron chi connectivity index (χ4n) is 3.18. The number of H-pyrrole nitrogens is 1. The molecule has 0 aliphatic carbocycles. The van der Waals surface area contributed by atoms with Crippen LogP contribution in [-0.2, 0) is 4.79 Å². The predicted molar refractivity (Wildman–Crippen MR) is 96.4 cm³/mol. The minimum atomic E-state index is 0.0625. The molecular weight excluding hydrogens is 316 g/mol. The van der Waals surface area contributed by atoms with Crippen molar-refractivity contribution in [3.63, 3.8) is 0 Å². The number of aromatic amines is 1. The van der Waals surface area contributed by atoms with Crippen LogP contribution < -0.4 is 10.2 Å². The van der Waals surface area contributed by atoms with E-state index < -0.39 is 0 Å². The number of aromatic nitrogens is 4. The van der Waals surface area contributed by atoms with Crippen LogP contribution in [0.25, 0.3) is 11.2 Å². The van der Waals surface area contributed by atoms with Crippen molar-refractivity contribution in [1.82, 2.24) is 19.9 Å². The molecule has 0 spiro atoms. The van der Waals surface area contributed by atoms with Crippen molar-refractivity contribution in [1.29, 1.82) is 0 Å². The van der Waals surface area contributed by atoms with Gasteiger partial charge in [-0.2, -0.15) is 0 Å². The Morgan fingerprint density at radius 3 is 2.80 bits per heavy atom. The van der Waals surface area contributed by atoms with Crippen LogP contribution in [0.1, 0.15) is 37.8 Å². The average molecular weight is 336 g/mol. The van der Waals surface area contributed by atoms with Gasteiger partial charge in [-0.3, -0.25) is 4.79 Å². The van der Waals surface area contributed by atoms with Crippen LogP contribution >= 0.6 is 0 Å². The Balaban J connectivity index is 1.51. The number of nitrogens with one attached hydrogen (secondary N) is 2. The van der Waals surface area contributed by atoms with Crippen LogP contribution in [0.15, 0.2) is 36.9 Å². The highest BCUT2D eigenvalue weighted by atomic mass is 16.2. The van der Waals surface area contributed by atoms with Gasteiger partial charge in [0, 0.05) is 18.7 Å². The Bertz CT molecular complexity index is 888. The second-order valence-corrected chi connectivity index (χ2v) is 6.28. The topological polar surface area (TPSA) is 86.8 Å². The number of nitrogens with zero attached hydrogens (tertiary/aromatic N) is 4.